The number of rotatable bonds is 3. The minimum atomic E-state index is -0.140. The van der Waals surface area contributed by atoms with Crippen LogP contribution in [0.25, 0.3) is 10.8 Å². The summed E-state index contributed by atoms with van der Waals surface area (Å²) in [6, 6.07) is 19.6. The van der Waals surface area contributed by atoms with E-state index in [2.05, 4.69) is 5.32 Å². The van der Waals surface area contributed by atoms with Crippen molar-refractivity contribution in [3.05, 3.63) is 71.8 Å². The molecule has 2 aliphatic rings. The molecule has 3 aromatic rings. The summed E-state index contributed by atoms with van der Waals surface area (Å²) in [6.45, 7) is 0.743. The zero-order chi connectivity index (χ0) is 18.4. The molecule has 0 aromatic heterocycles. The maximum Gasteiger partial charge on any atom is 0.255 e. The van der Waals surface area contributed by atoms with Gasteiger partial charge in [-0.3, -0.25) is 9.59 Å². The highest BCUT2D eigenvalue weighted by molar-refractivity contribution is 6.07. The number of hydrogen-bond donors (Lipinski definition) is 1. The molecule has 0 bridgehead atoms. The molecule has 0 saturated heterocycles. The number of hydrogen-bond acceptors (Lipinski definition) is 2. The van der Waals surface area contributed by atoms with Gasteiger partial charge in [-0.05, 0) is 59.9 Å². The molecule has 5 rings (SSSR count). The highest BCUT2D eigenvalue weighted by Gasteiger charge is 2.36. The summed E-state index contributed by atoms with van der Waals surface area (Å²) < 4.78 is 0. The molecular weight excluding hydrogens is 336 g/mol. The number of amides is 2. The Balaban J connectivity index is 1.39. The summed E-state index contributed by atoms with van der Waals surface area (Å²) in [5, 5.41) is 5.13. The van der Waals surface area contributed by atoms with Gasteiger partial charge in [-0.15, -0.1) is 0 Å². The summed E-state index contributed by atoms with van der Waals surface area (Å²) in [4.78, 5) is 27.1. The van der Waals surface area contributed by atoms with Crippen LogP contribution in [-0.2, 0) is 11.2 Å². The molecule has 3 aromatic carbocycles. The highest BCUT2D eigenvalue weighted by atomic mass is 16.2. The van der Waals surface area contributed by atoms with Crippen molar-refractivity contribution in [2.24, 2.45) is 5.92 Å². The van der Waals surface area contributed by atoms with E-state index < -0.39 is 0 Å². The van der Waals surface area contributed by atoms with Gasteiger partial charge in [0.15, 0.2) is 0 Å². The molecule has 1 aliphatic carbocycles. The topological polar surface area (TPSA) is 49.4 Å². The van der Waals surface area contributed by atoms with Crippen LogP contribution in [0.5, 0.6) is 0 Å². The number of nitrogens with one attached hydrogen (secondary N) is 1. The summed E-state index contributed by atoms with van der Waals surface area (Å²) in [6.07, 6.45) is 2.89. The molecule has 0 unspecified atom stereocenters. The van der Waals surface area contributed by atoms with Gasteiger partial charge in [-0.2, -0.15) is 0 Å². The van der Waals surface area contributed by atoms with Crippen molar-refractivity contribution in [1.29, 1.82) is 0 Å². The first-order valence-corrected chi connectivity index (χ1v) is 9.43. The SMILES string of the molecule is O=C(Nc1ccc2c(c1)N(C(=O)C1CC1)CC2)c1ccc2ccccc2c1. The van der Waals surface area contributed by atoms with Gasteiger partial charge in [-0.25, -0.2) is 0 Å². The smallest absolute Gasteiger partial charge is 0.255 e. The van der Waals surface area contributed by atoms with Crippen LogP contribution in [0.1, 0.15) is 28.8 Å². The van der Waals surface area contributed by atoms with Crippen molar-refractivity contribution >= 4 is 34.0 Å². The Hall–Kier alpha value is -3.14. The zero-order valence-corrected chi connectivity index (χ0v) is 14.9. The minimum absolute atomic E-state index is 0.140. The van der Waals surface area contributed by atoms with E-state index in [1.54, 1.807) is 0 Å². The molecule has 0 radical (unpaired) electrons. The third-order valence-electron chi connectivity index (χ3n) is 5.44. The van der Waals surface area contributed by atoms with Crippen molar-refractivity contribution in [1.82, 2.24) is 0 Å². The Labute approximate surface area is 157 Å². The predicted octanol–water partition coefficient (Wildman–Crippen LogP) is 4.39. The molecule has 1 fully saturated rings. The van der Waals surface area contributed by atoms with Gasteiger partial charge in [0.2, 0.25) is 5.91 Å². The van der Waals surface area contributed by atoms with Crippen LogP contribution in [-0.4, -0.2) is 18.4 Å². The van der Waals surface area contributed by atoms with Crippen molar-refractivity contribution in [3.8, 4) is 0 Å². The van der Waals surface area contributed by atoms with E-state index in [-0.39, 0.29) is 17.7 Å². The van der Waals surface area contributed by atoms with Crippen LogP contribution in [0.2, 0.25) is 0 Å². The second-order valence-electron chi connectivity index (χ2n) is 7.37. The van der Waals surface area contributed by atoms with Crippen LogP contribution in [0.3, 0.4) is 0 Å². The van der Waals surface area contributed by atoms with E-state index in [9.17, 15) is 9.59 Å². The van der Waals surface area contributed by atoms with Crippen LogP contribution < -0.4 is 10.2 Å². The highest BCUT2D eigenvalue weighted by Crippen LogP contribution is 2.37. The Morgan fingerprint density at radius 2 is 1.74 bits per heavy atom. The monoisotopic (exact) mass is 356 g/mol. The number of nitrogens with zero attached hydrogens (tertiary/aromatic N) is 1. The van der Waals surface area contributed by atoms with Gasteiger partial charge in [0, 0.05) is 29.4 Å². The molecule has 0 spiro atoms. The lowest BCUT2D eigenvalue weighted by atomic mass is 10.1. The molecule has 1 saturated carbocycles. The predicted molar refractivity (Wildman–Crippen MR) is 107 cm³/mol. The second-order valence-corrected chi connectivity index (χ2v) is 7.37. The van der Waals surface area contributed by atoms with E-state index in [1.807, 2.05) is 65.6 Å². The first-order valence-electron chi connectivity index (χ1n) is 9.43. The number of carbonyl (C=O) groups is 2. The van der Waals surface area contributed by atoms with Crippen molar-refractivity contribution in [2.45, 2.75) is 19.3 Å². The average Bonchev–Trinajstić information content (AvgIpc) is 3.47. The fourth-order valence-electron chi connectivity index (χ4n) is 3.77. The first-order chi connectivity index (χ1) is 13.2. The van der Waals surface area contributed by atoms with Crippen LogP contribution in [0.4, 0.5) is 11.4 Å². The van der Waals surface area contributed by atoms with Crippen molar-refractivity contribution < 1.29 is 9.59 Å². The van der Waals surface area contributed by atoms with Crippen LogP contribution >= 0.6 is 0 Å². The first kappa shape index (κ1) is 16.1. The standard InChI is InChI=1S/C23H20N2O2/c26-22(19-8-5-15-3-1-2-4-18(15)13-19)24-20-10-9-16-11-12-25(21(16)14-20)23(27)17-6-7-17/h1-5,8-10,13-14,17H,6-7,11-12H2,(H,24,26). The molecule has 0 atom stereocenters. The Bertz CT molecular complexity index is 1070. The quantitative estimate of drug-likeness (QED) is 0.757. The molecule has 1 aliphatic heterocycles. The largest absolute Gasteiger partial charge is 0.322 e. The summed E-state index contributed by atoms with van der Waals surface area (Å²) >= 11 is 0. The van der Waals surface area contributed by atoms with E-state index in [0.717, 1.165) is 48.0 Å². The van der Waals surface area contributed by atoms with E-state index >= 15 is 0 Å². The van der Waals surface area contributed by atoms with Gasteiger partial charge in [0.05, 0.1) is 0 Å². The second kappa shape index (κ2) is 6.23. The summed E-state index contributed by atoms with van der Waals surface area (Å²) in [7, 11) is 0. The fraction of sp³-hybridized carbons (Fsp3) is 0.217. The zero-order valence-electron chi connectivity index (χ0n) is 14.9. The normalized spacial score (nSPS) is 15.6. The van der Waals surface area contributed by atoms with E-state index in [4.69, 9.17) is 0 Å². The van der Waals surface area contributed by atoms with E-state index in [0.29, 0.717) is 5.56 Å². The molecule has 134 valence electrons. The van der Waals surface area contributed by atoms with Gasteiger partial charge in [-0.1, -0.05) is 36.4 Å². The third-order valence-corrected chi connectivity index (χ3v) is 5.44. The van der Waals surface area contributed by atoms with Gasteiger partial charge >= 0.3 is 0 Å². The van der Waals surface area contributed by atoms with Crippen LogP contribution in [0, 0.1) is 5.92 Å². The Kier molecular flexibility index (Phi) is 3.71. The average molecular weight is 356 g/mol. The minimum Gasteiger partial charge on any atom is -0.322 e. The third kappa shape index (κ3) is 2.97. The molecule has 1 N–H and O–H groups in total. The molecule has 1 heterocycles. The summed E-state index contributed by atoms with van der Waals surface area (Å²) in [5.74, 6) is 0.289. The number of anilines is 2. The van der Waals surface area contributed by atoms with E-state index in [1.165, 1.54) is 5.56 Å². The maximum absolute atomic E-state index is 12.7. The molecule has 27 heavy (non-hydrogen) atoms. The lowest BCUT2D eigenvalue weighted by Gasteiger charge is -2.18. The molecular formula is C23H20N2O2. The lowest BCUT2D eigenvalue weighted by molar-refractivity contribution is -0.119. The Morgan fingerprint density at radius 1 is 0.926 bits per heavy atom. The van der Waals surface area contributed by atoms with Gasteiger partial charge in [0.1, 0.15) is 0 Å². The number of fused-ring (bicyclic) bond motifs is 2. The molecule has 4 nitrogen and oxygen atoms in total. The van der Waals surface area contributed by atoms with Gasteiger partial charge < -0.3 is 10.2 Å². The number of benzene rings is 3. The molecule has 2 amide bonds. The number of carbonyl (C=O) groups excluding carboxylic acids is 2. The molecule has 4 heteroatoms. The van der Waals surface area contributed by atoms with Crippen molar-refractivity contribution in [2.75, 3.05) is 16.8 Å². The van der Waals surface area contributed by atoms with Crippen LogP contribution in [0.15, 0.2) is 60.7 Å². The van der Waals surface area contributed by atoms with Crippen molar-refractivity contribution in [3.63, 3.8) is 0 Å². The summed E-state index contributed by atoms with van der Waals surface area (Å²) in [5.41, 5.74) is 3.47. The maximum atomic E-state index is 12.7. The van der Waals surface area contributed by atoms with Gasteiger partial charge in [0.25, 0.3) is 5.91 Å². The Morgan fingerprint density at radius 3 is 2.56 bits per heavy atom. The lowest BCUT2D eigenvalue weighted by Crippen LogP contribution is -2.30. The fourth-order valence-corrected chi connectivity index (χ4v) is 3.77.